The second-order valence-corrected chi connectivity index (χ2v) is 6.99. The maximum absolute atomic E-state index is 12.4. The lowest BCUT2D eigenvalue weighted by molar-refractivity contribution is -0.117. The molecule has 122 valence electrons. The van der Waals surface area contributed by atoms with Crippen molar-refractivity contribution in [2.24, 2.45) is 5.92 Å². The molecule has 0 aliphatic carbocycles. The van der Waals surface area contributed by atoms with Gasteiger partial charge in [0.25, 0.3) is 0 Å². The summed E-state index contributed by atoms with van der Waals surface area (Å²) >= 11 is 11.9. The summed E-state index contributed by atoms with van der Waals surface area (Å²) in [7, 11) is 0. The van der Waals surface area contributed by atoms with Gasteiger partial charge < -0.3 is 5.32 Å². The van der Waals surface area contributed by atoms with Crippen LogP contribution in [0.2, 0.25) is 10.0 Å². The summed E-state index contributed by atoms with van der Waals surface area (Å²) in [4.78, 5) is 12.4. The molecule has 4 heteroatoms. The smallest absolute Gasteiger partial charge is 0.231 e. The molecule has 0 aliphatic rings. The van der Waals surface area contributed by atoms with Crippen molar-refractivity contribution in [3.63, 3.8) is 0 Å². The van der Waals surface area contributed by atoms with E-state index in [1.807, 2.05) is 19.1 Å². The Labute approximate surface area is 147 Å². The highest BCUT2D eigenvalue weighted by Crippen LogP contribution is 2.26. The third-order valence-electron chi connectivity index (χ3n) is 3.70. The van der Waals surface area contributed by atoms with Crippen LogP contribution in [0.5, 0.6) is 0 Å². The van der Waals surface area contributed by atoms with E-state index in [-0.39, 0.29) is 11.8 Å². The monoisotopic (exact) mass is 349 g/mol. The van der Waals surface area contributed by atoms with Crippen molar-refractivity contribution in [2.75, 3.05) is 5.32 Å². The number of anilines is 1. The Morgan fingerprint density at radius 2 is 1.65 bits per heavy atom. The van der Waals surface area contributed by atoms with Crippen LogP contribution in [0.15, 0.2) is 42.5 Å². The van der Waals surface area contributed by atoms with Gasteiger partial charge in [-0.05, 0) is 48.6 Å². The van der Waals surface area contributed by atoms with Gasteiger partial charge in [0, 0.05) is 5.69 Å². The Kier molecular flexibility index (Phi) is 6.09. The minimum absolute atomic E-state index is 0.0694. The molecule has 0 unspecified atom stereocenters. The SMILES string of the molecule is CC(C)Cc1ccc([C@H](C)C(=O)Nc2ccc(Cl)c(Cl)c2)cc1. The second kappa shape index (κ2) is 7.85. The van der Waals surface area contributed by atoms with Crippen molar-refractivity contribution < 1.29 is 4.79 Å². The highest BCUT2D eigenvalue weighted by atomic mass is 35.5. The largest absolute Gasteiger partial charge is 0.326 e. The number of halogens is 2. The fourth-order valence-electron chi connectivity index (χ4n) is 2.39. The van der Waals surface area contributed by atoms with Crippen LogP contribution >= 0.6 is 23.2 Å². The van der Waals surface area contributed by atoms with Crippen molar-refractivity contribution in [1.29, 1.82) is 0 Å². The molecule has 2 aromatic carbocycles. The molecule has 23 heavy (non-hydrogen) atoms. The van der Waals surface area contributed by atoms with Gasteiger partial charge in [0.05, 0.1) is 16.0 Å². The molecule has 0 aromatic heterocycles. The molecule has 0 heterocycles. The van der Waals surface area contributed by atoms with Gasteiger partial charge in [0.15, 0.2) is 0 Å². The molecule has 0 fully saturated rings. The van der Waals surface area contributed by atoms with E-state index in [1.54, 1.807) is 18.2 Å². The molecule has 2 rings (SSSR count). The molecule has 1 amide bonds. The van der Waals surface area contributed by atoms with E-state index in [2.05, 4.69) is 31.3 Å². The minimum atomic E-state index is -0.238. The van der Waals surface area contributed by atoms with E-state index >= 15 is 0 Å². The summed E-state index contributed by atoms with van der Waals surface area (Å²) < 4.78 is 0. The Bertz CT molecular complexity index is 680. The molecule has 2 aromatic rings. The van der Waals surface area contributed by atoms with Crippen LogP contribution in [0.1, 0.15) is 37.8 Å². The van der Waals surface area contributed by atoms with Crippen LogP contribution in [-0.4, -0.2) is 5.91 Å². The van der Waals surface area contributed by atoms with Crippen molar-refractivity contribution in [3.8, 4) is 0 Å². The zero-order valence-corrected chi connectivity index (χ0v) is 15.1. The Morgan fingerprint density at radius 1 is 1.00 bits per heavy atom. The summed E-state index contributed by atoms with van der Waals surface area (Å²) in [6.45, 7) is 6.28. The van der Waals surface area contributed by atoms with E-state index < -0.39 is 0 Å². The van der Waals surface area contributed by atoms with E-state index in [4.69, 9.17) is 23.2 Å². The summed E-state index contributed by atoms with van der Waals surface area (Å²) in [5, 5.41) is 3.77. The van der Waals surface area contributed by atoms with Gasteiger partial charge in [-0.1, -0.05) is 61.3 Å². The molecule has 0 aliphatic heterocycles. The van der Waals surface area contributed by atoms with Gasteiger partial charge in [0.1, 0.15) is 0 Å². The molecular weight excluding hydrogens is 329 g/mol. The predicted molar refractivity (Wildman–Crippen MR) is 98.5 cm³/mol. The number of carbonyl (C=O) groups excluding carboxylic acids is 1. The van der Waals surface area contributed by atoms with Crippen molar-refractivity contribution in [2.45, 2.75) is 33.1 Å². The summed E-state index contributed by atoms with van der Waals surface area (Å²) in [5.41, 5.74) is 2.93. The number of rotatable bonds is 5. The van der Waals surface area contributed by atoms with Crippen molar-refractivity contribution in [3.05, 3.63) is 63.6 Å². The maximum Gasteiger partial charge on any atom is 0.231 e. The van der Waals surface area contributed by atoms with Crippen LogP contribution in [0.4, 0.5) is 5.69 Å². The molecule has 1 atom stereocenters. The third kappa shape index (κ3) is 4.98. The first-order chi connectivity index (χ1) is 10.9. The minimum Gasteiger partial charge on any atom is -0.326 e. The van der Waals surface area contributed by atoms with Gasteiger partial charge in [-0.25, -0.2) is 0 Å². The molecule has 0 saturated carbocycles. The molecule has 0 radical (unpaired) electrons. The first-order valence-electron chi connectivity index (χ1n) is 7.71. The van der Waals surface area contributed by atoms with Crippen LogP contribution in [-0.2, 0) is 11.2 Å². The second-order valence-electron chi connectivity index (χ2n) is 6.18. The van der Waals surface area contributed by atoms with E-state index in [1.165, 1.54) is 5.56 Å². The summed E-state index contributed by atoms with van der Waals surface area (Å²) in [6, 6.07) is 13.3. The number of nitrogens with one attached hydrogen (secondary N) is 1. The third-order valence-corrected chi connectivity index (χ3v) is 4.44. The molecule has 0 bridgehead atoms. The summed E-state index contributed by atoms with van der Waals surface area (Å²) in [6.07, 6.45) is 1.05. The molecule has 0 saturated heterocycles. The van der Waals surface area contributed by atoms with E-state index in [9.17, 15) is 4.79 Å². The number of hydrogen-bond acceptors (Lipinski definition) is 1. The highest BCUT2D eigenvalue weighted by Gasteiger charge is 2.15. The lowest BCUT2D eigenvalue weighted by atomic mass is 9.96. The van der Waals surface area contributed by atoms with Gasteiger partial charge in [-0.15, -0.1) is 0 Å². The fraction of sp³-hybridized carbons (Fsp3) is 0.316. The Morgan fingerprint density at radius 3 is 2.22 bits per heavy atom. The normalized spacial score (nSPS) is 12.3. The van der Waals surface area contributed by atoms with Crippen LogP contribution in [0.25, 0.3) is 0 Å². The average Bonchev–Trinajstić information content (AvgIpc) is 2.50. The lowest BCUT2D eigenvalue weighted by Crippen LogP contribution is -2.18. The topological polar surface area (TPSA) is 29.1 Å². The van der Waals surface area contributed by atoms with E-state index in [0.717, 1.165) is 12.0 Å². The Balaban J connectivity index is 2.05. The number of benzene rings is 2. The lowest BCUT2D eigenvalue weighted by Gasteiger charge is -2.14. The van der Waals surface area contributed by atoms with Gasteiger partial charge >= 0.3 is 0 Å². The summed E-state index contributed by atoms with van der Waals surface area (Å²) in [5.74, 6) is 0.314. The average molecular weight is 350 g/mol. The maximum atomic E-state index is 12.4. The van der Waals surface area contributed by atoms with E-state index in [0.29, 0.717) is 21.7 Å². The molecule has 0 spiro atoms. The number of amides is 1. The zero-order chi connectivity index (χ0) is 17.0. The molecule has 1 N–H and O–H groups in total. The fourth-order valence-corrected chi connectivity index (χ4v) is 2.69. The first kappa shape index (κ1) is 17.8. The van der Waals surface area contributed by atoms with Gasteiger partial charge in [-0.2, -0.15) is 0 Å². The quantitative estimate of drug-likeness (QED) is 0.711. The predicted octanol–water partition coefficient (Wildman–Crippen LogP) is 5.93. The Hall–Kier alpha value is -1.51. The van der Waals surface area contributed by atoms with Gasteiger partial charge in [-0.3, -0.25) is 4.79 Å². The van der Waals surface area contributed by atoms with Gasteiger partial charge in [0.2, 0.25) is 5.91 Å². The highest BCUT2D eigenvalue weighted by molar-refractivity contribution is 6.42. The van der Waals surface area contributed by atoms with Crippen LogP contribution < -0.4 is 5.32 Å². The van der Waals surface area contributed by atoms with Crippen molar-refractivity contribution in [1.82, 2.24) is 0 Å². The zero-order valence-electron chi connectivity index (χ0n) is 13.6. The standard InChI is InChI=1S/C19H21Cl2NO/c1-12(2)10-14-4-6-15(7-5-14)13(3)19(23)22-16-8-9-17(20)18(21)11-16/h4-9,11-13H,10H2,1-3H3,(H,22,23)/t13-/m0/s1. The number of carbonyl (C=O) groups is 1. The molecule has 2 nitrogen and oxygen atoms in total. The number of hydrogen-bond donors (Lipinski definition) is 1. The first-order valence-corrected chi connectivity index (χ1v) is 8.47. The van der Waals surface area contributed by atoms with Crippen molar-refractivity contribution >= 4 is 34.8 Å². The van der Waals surface area contributed by atoms with Crippen LogP contribution in [0.3, 0.4) is 0 Å². The molecular formula is C19H21Cl2NO. The van der Waals surface area contributed by atoms with Crippen LogP contribution in [0, 0.1) is 5.92 Å².